The third kappa shape index (κ3) is 13.4. The van der Waals surface area contributed by atoms with Crippen molar-refractivity contribution in [1.82, 2.24) is 0 Å². The van der Waals surface area contributed by atoms with Crippen LogP contribution in [0.3, 0.4) is 0 Å². The first-order valence-corrected chi connectivity index (χ1v) is 24.1. The zero-order valence-electron chi connectivity index (χ0n) is 36.2. The number of hydrogen-bond donors (Lipinski definition) is 5. The average Bonchev–Trinajstić information content (AvgIpc) is 3.24. The topological polar surface area (TPSA) is 145 Å². The van der Waals surface area contributed by atoms with E-state index in [4.69, 9.17) is 9.84 Å². The van der Waals surface area contributed by atoms with E-state index in [0.29, 0.717) is 35.5 Å². The summed E-state index contributed by atoms with van der Waals surface area (Å²) in [5, 5.41) is 48.1. The molecule has 61 heavy (non-hydrogen) atoms. The van der Waals surface area contributed by atoms with Crippen LogP contribution in [0, 0.1) is 0 Å². The Hall–Kier alpha value is -4.28. The molecule has 2 aliphatic rings. The van der Waals surface area contributed by atoms with Crippen LogP contribution in [0.1, 0.15) is 151 Å². The third-order valence-electron chi connectivity index (χ3n) is 12.9. The van der Waals surface area contributed by atoms with Crippen LogP contribution in [0.25, 0.3) is 0 Å². The van der Waals surface area contributed by atoms with Gasteiger partial charge in [0.2, 0.25) is 0 Å². The number of phenols is 4. The number of unbranched alkanes of at least 4 members (excludes halogenated alkanes) is 10. The van der Waals surface area contributed by atoms with Crippen molar-refractivity contribution in [2.24, 2.45) is 0 Å². The predicted octanol–water partition coefficient (Wildman–Crippen LogP) is 13.0. The number of phenolic OH excluding ortho intramolecular Hbond substituents is 4. The number of ether oxygens (including phenoxy) is 1. The molecule has 10 heteroatoms. The van der Waals surface area contributed by atoms with Crippen LogP contribution < -0.4 is 0 Å². The summed E-state index contributed by atoms with van der Waals surface area (Å²) in [5.41, 5.74) is 5.06. The molecule has 8 nitrogen and oxygen atoms in total. The van der Waals surface area contributed by atoms with E-state index in [-0.39, 0.29) is 29.0 Å². The monoisotopic (exact) mass is 870 g/mol. The van der Waals surface area contributed by atoms with Gasteiger partial charge < -0.3 is 30.3 Å². The van der Waals surface area contributed by atoms with E-state index in [1.165, 1.54) is 52.0 Å². The number of esters is 1. The molecule has 0 radical (unpaired) electrons. The van der Waals surface area contributed by atoms with Crippen LogP contribution in [0.4, 0.5) is 0 Å². The lowest BCUT2D eigenvalue weighted by atomic mass is 9.68. The molecule has 330 valence electrons. The Kier molecular flexibility index (Phi) is 18.2. The second-order valence-electron chi connectivity index (χ2n) is 17.3. The fraction of sp³-hybridized carbons (Fsp3) is 0.490. The van der Waals surface area contributed by atoms with Crippen LogP contribution in [-0.2, 0) is 25.2 Å². The van der Waals surface area contributed by atoms with E-state index >= 15 is 0 Å². The lowest BCUT2D eigenvalue weighted by Crippen LogP contribution is -2.36. The first-order chi connectivity index (χ1) is 29.3. The molecule has 6 rings (SSSR count). The fourth-order valence-electron chi connectivity index (χ4n) is 9.18. The Balaban J connectivity index is 0.000000231. The summed E-state index contributed by atoms with van der Waals surface area (Å²) in [6, 6.07) is 26.8. The van der Waals surface area contributed by atoms with Gasteiger partial charge in [-0.25, -0.2) is 0 Å². The Bertz CT molecular complexity index is 2000. The quantitative estimate of drug-likeness (QED) is 0.0430. The second-order valence-corrected chi connectivity index (χ2v) is 19.4. The van der Waals surface area contributed by atoms with E-state index in [9.17, 15) is 30.0 Å². The minimum atomic E-state index is -0.705. The highest BCUT2D eigenvalue weighted by atomic mass is 32.2. The fourth-order valence-corrected chi connectivity index (χ4v) is 12.0. The number of hydrogen-bond acceptors (Lipinski definition) is 9. The molecular formula is C51H66O8S2. The van der Waals surface area contributed by atoms with Gasteiger partial charge in [0, 0.05) is 45.0 Å². The summed E-state index contributed by atoms with van der Waals surface area (Å²) >= 11 is 3.61. The zero-order chi connectivity index (χ0) is 43.8. The maximum absolute atomic E-state index is 11.2. The zero-order valence-corrected chi connectivity index (χ0v) is 37.9. The Morgan fingerprint density at radius 3 is 1.30 bits per heavy atom. The summed E-state index contributed by atoms with van der Waals surface area (Å²) in [5.74, 6) is 3.01. The number of fused-ring (bicyclic) bond motifs is 2. The molecule has 2 heterocycles. The molecule has 0 amide bonds. The van der Waals surface area contributed by atoms with Gasteiger partial charge in [-0.3, -0.25) is 9.59 Å². The minimum Gasteiger partial charge on any atom is -0.508 e. The number of rotatable bonds is 20. The summed E-state index contributed by atoms with van der Waals surface area (Å²) in [6.07, 6.45) is 15.9. The molecule has 4 unspecified atom stereocenters. The number of methoxy groups -OCH3 is 1. The number of carbonyl (C=O) groups is 2. The SMILES string of the molecule is CC1(c2ccc(O)cc2)CSc2cc(O)ccc2C1CCCCCCCCC(=O)O.COC(=O)CCCCCCCCC1c2ccc(O)cc2SCC1(C)c1ccc(O)cc1. The van der Waals surface area contributed by atoms with Gasteiger partial charge >= 0.3 is 11.9 Å². The van der Waals surface area contributed by atoms with Crippen molar-refractivity contribution >= 4 is 35.5 Å². The largest absolute Gasteiger partial charge is 0.508 e. The number of carbonyl (C=O) groups excluding carboxylic acids is 1. The molecule has 0 saturated carbocycles. The summed E-state index contributed by atoms with van der Waals surface area (Å²) in [6.45, 7) is 4.65. The van der Waals surface area contributed by atoms with E-state index in [1.807, 2.05) is 36.0 Å². The number of thioether (sulfide) groups is 2. The number of aromatic hydroxyl groups is 4. The molecule has 0 aromatic heterocycles. The minimum absolute atomic E-state index is 0.0249. The van der Waals surface area contributed by atoms with Crippen molar-refractivity contribution in [2.75, 3.05) is 18.6 Å². The third-order valence-corrected chi connectivity index (χ3v) is 15.7. The number of carboxylic acids is 1. The van der Waals surface area contributed by atoms with E-state index in [1.54, 1.807) is 48.2 Å². The molecule has 2 aliphatic heterocycles. The standard InChI is InChI=1S/C26H34O4S.C25H32O4S/c1-26(19-11-13-20(27)14-12-19)18-31-24-17-21(28)15-16-22(24)23(26)9-7-5-3-4-6-8-10-25(29)30-2;1-25(18-10-12-19(26)13-11-18)17-30-23-16-20(27)14-15-21(23)22(25)8-6-4-2-3-5-7-9-24(28)29/h11-17,23,27-28H,3-10,18H2,1-2H3;10-16,22,26-27H,2-9,17H2,1H3,(H,28,29). The van der Waals surface area contributed by atoms with Gasteiger partial charge in [-0.15, -0.1) is 23.5 Å². The van der Waals surface area contributed by atoms with Crippen LogP contribution in [-0.4, -0.2) is 56.1 Å². The molecular weight excluding hydrogens is 805 g/mol. The first-order valence-electron chi connectivity index (χ1n) is 22.1. The molecule has 0 saturated heterocycles. The normalized spacial score (nSPS) is 20.4. The first kappa shape index (κ1) is 47.8. The highest BCUT2D eigenvalue weighted by Crippen LogP contribution is 2.54. The van der Waals surface area contributed by atoms with E-state index in [0.717, 1.165) is 88.6 Å². The molecule has 0 bridgehead atoms. The van der Waals surface area contributed by atoms with Crippen molar-refractivity contribution < 1.29 is 39.9 Å². The van der Waals surface area contributed by atoms with E-state index < -0.39 is 5.97 Å². The highest BCUT2D eigenvalue weighted by molar-refractivity contribution is 7.99. The molecule has 0 aliphatic carbocycles. The van der Waals surface area contributed by atoms with Crippen LogP contribution in [0.5, 0.6) is 23.0 Å². The number of carboxylic acid groups (broad SMARTS) is 1. The van der Waals surface area contributed by atoms with Gasteiger partial charge in [-0.1, -0.05) is 114 Å². The van der Waals surface area contributed by atoms with Gasteiger partial charge in [-0.2, -0.15) is 0 Å². The van der Waals surface area contributed by atoms with Crippen molar-refractivity contribution in [1.29, 1.82) is 0 Å². The maximum Gasteiger partial charge on any atom is 0.305 e. The van der Waals surface area contributed by atoms with Crippen LogP contribution in [0.2, 0.25) is 0 Å². The summed E-state index contributed by atoms with van der Waals surface area (Å²) in [4.78, 5) is 24.1. The lowest BCUT2D eigenvalue weighted by molar-refractivity contribution is -0.141. The average molecular weight is 871 g/mol. The number of aliphatic carboxylic acids is 1. The van der Waals surface area contributed by atoms with Crippen LogP contribution >= 0.6 is 23.5 Å². The highest BCUT2D eigenvalue weighted by Gasteiger charge is 2.42. The smallest absolute Gasteiger partial charge is 0.305 e. The van der Waals surface area contributed by atoms with Gasteiger partial charge in [0.1, 0.15) is 23.0 Å². The van der Waals surface area contributed by atoms with Gasteiger partial charge in [-0.05, 0) is 108 Å². The van der Waals surface area contributed by atoms with E-state index in [2.05, 4.69) is 38.1 Å². The molecule has 4 aromatic rings. The van der Waals surface area contributed by atoms with Crippen LogP contribution in [0.15, 0.2) is 94.7 Å². The second kappa shape index (κ2) is 23.2. The van der Waals surface area contributed by atoms with Gasteiger partial charge in [0.05, 0.1) is 7.11 Å². The molecule has 4 atom stereocenters. The van der Waals surface area contributed by atoms with Crippen molar-refractivity contribution in [3.63, 3.8) is 0 Å². The lowest BCUT2D eigenvalue weighted by Gasteiger charge is -2.43. The van der Waals surface area contributed by atoms with Crippen molar-refractivity contribution in [2.45, 2.75) is 149 Å². The molecule has 0 fully saturated rings. The van der Waals surface area contributed by atoms with Crippen molar-refractivity contribution in [3.05, 3.63) is 107 Å². The molecule has 0 spiro atoms. The van der Waals surface area contributed by atoms with Gasteiger partial charge in [0.25, 0.3) is 0 Å². The molecule has 4 aromatic carbocycles. The molecule has 5 N–H and O–H groups in total. The Morgan fingerprint density at radius 1 is 0.541 bits per heavy atom. The Labute approximate surface area is 371 Å². The predicted molar refractivity (Wildman–Crippen MR) is 248 cm³/mol. The van der Waals surface area contributed by atoms with Gasteiger partial charge in [0.15, 0.2) is 0 Å². The number of benzene rings is 4. The summed E-state index contributed by atoms with van der Waals surface area (Å²) < 4.78 is 4.69. The maximum atomic E-state index is 11.2. The Morgan fingerprint density at radius 2 is 0.902 bits per heavy atom. The summed E-state index contributed by atoms with van der Waals surface area (Å²) in [7, 11) is 1.44. The van der Waals surface area contributed by atoms with Crippen molar-refractivity contribution in [3.8, 4) is 23.0 Å².